The van der Waals surface area contributed by atoms with Crippen LogP contribution in [0.15, 0.2) is 18.3 Å². The first-order chi connectivity index (χ1) is 8.79. The van der Waals surface area contributed by atoms with Gasteiger partial charge in [0.2, 0.25) is 0 Å². The summed E-state index contributed by atoms with van der Waals surface area (Å²) in [7, 11) is 0. The second-order valence-corrected chi connectivity index (χ2v) is 5.42. The van der Waals surface area contributed by atoms with E-state index in [0.717, 1.165) is 37.5 Å². The summed E-state index contributed by atoms with van der Waals surface area (Å²) in [4.78, 5) is 15.5. The van der Waals surface area contributed by atoms with Crippen LogP contribution in [0.5, 0.6) is 0 Å². The lowest BCUT2D eigenvalue weighted by Gasteiger charge is -2.21. The van der Waals surface area contributed by atoms with Crippen molar-refractivity contribution in [1.29, 1.82) is 0 Å². The van der Waals surface area contributed by atoms with Crippen LogP contribution in [0, 0.1) is 0 Å². The molecule has 98 valence electrons. The summed E-state index contributed by atoms with van der Waals surface area (Å²) in [5, 5.41) is 0.660. The number of carbonyl (C=O) groups excluding carboxylic acids is 1. The SMILES string of the molecule is NNC(=O)c1ccc(CSC2CCOCC2)nc1. The predicted octanol–water partition coefficient (Wildman–Crippen LogP) is 1.10. The fourth-order valence-corrected chi connectivity index (χ4v) is 2.88. The van der Waals surface area contributed by atoms with Crippen LogP contribution in [-0.2, 0) is 10.5 Å². The molecule has 1 aromatic heterocycles. The second-order valence-electron chi connectivity index (χ2n) is 4.13. The summed E-state index contributed by atoms with van der Waals surface area (Å²) in [6.45, 7) is 1.72. The van der Waals surface area contributed by atoms with Gasteiger partial charge in [-0.3, -0.25) is 15.2 Å². The molecule has 1 amide bonds. The van der Waals surface area contributed by atoms with Gasteiger partial charge in [-0.05, 0) is 25.0 Å². The monoisotopic (exact) mass is 267 g/mol. The molecule has 0 aromatic carbocycles. The van der Waals surface area contributed by atoms with Crippen molar-refractivity contribution in [2.75, 3.05) is 13.2 Å². The number of ether oxygens (including phenoxy) is 1. The molecule has 0 unspecified atom stereocenters. The number of hydrogen-bond donors (Lipinski definition) is 2. The molecule has 18 heavy (non-hydrogen) atoms. The lowest BCUT2D eigenvalue weighted by Crippen LogP contribution is -2.30. The quantitative estimate of drug-likeness (QED) is 0.485. The molecule has 0 bridgehead atoms. The van der Waals surface area contributed by atoms with Crippen LogP contribution in [0.3, 0.4) is 0 Å². The number of rotatable bonds is 4. The highest BCUT2D eigenvalue weighted by Gasteiger charge is 2.14. The Labute approximate surface area is 110 Å². The van der Waals surface area contributed by atoms with Gasteiger partial charge in [-0.1, -0.05) is 0 Å². The van der Waals surface area contributed by atoms with Crippen molar-refractivity contribution in [3.8, 4) is 0 Å². The Bertz CT molecular complexity index is 391. The normalized spacial score (nSPS) is 16.5. The minimum absolute atomic E-state index is 0.314. The van der Waals surface area contributed by atoms with E-state index in [1.807, 2.05) is 17.8 Å². The standard InChI is InChI=1S/C12H17N3O2S/c13-15-12(16)9-1-2-10(14-7-9)8-18-11-3-5-17-6-4-11/h1-2,7,11H,3-6,8,13H2,(H,15,16). The maximum Gasteiger partial charge on any atom is 0.266 e. The highest BCUT2D eigenvalue weighted by atomic mass is 32.2. The summed E-state index contributed by atoms with van der Waals surface area (Å²) in [6, 6.07) is 3.62. The molecule has 3 N–H and O–H groups in total. The highest BCUT2D eigenvalue weighted by molar-refractivity contribution is 7.99. The molecule has 2 heterocycles. The summed E-state index contributed by atoms with van der Waals surface area (Å²) in [5.74, 6) is 5.61. The molecule has 0 spiro atoms. The van der Waals surface area contributed by atoms with Crippen molar-refractivity contribution in [2.45, 2.75) is 23.8 Å². The van der Waals surface area contributed by atoms with Crippen LogP contribution < -0.4 is 11.3 Å². The van der Waals surface area contributed by atoms with Crippen molar-refractivity contribution < 1.29 is 9.53 Å². The molecule has 1 saturated heterocycles. The molecular formula is C12H17N3O2S. The number of nitrogen functional groups attached to an aromatic ring is 1. The third-order valence-electron chi connectivity index (χ3n) is 2.85. The smallest absolute Gasteiger partial charge is 0.266 e. The minimum Gasteiger partial charge on any atom is -0.381 e. The van der Waals surface area contributed by atoms with Gasteiger partial charge < -0.3 is 4.74 Å². The Balaban J connectivity index is 1.84. The number of nitrogens with zero attached hydrogens (tertiary/aromatic N) is 1. The van der Waals surface area contributed by atoms with Crippen LogP contribution >= 0.6 is 11.8 Å². The fourth-order valence-electron chi connectivity index (χ4n) is 1.77. The van der Waals surface area contributed by atoms with E-state index in [-0.39, 0.29) is 5.91 Å². The number of aromatic nitrogens is 1. The zero-order valence-electron chi connectivity index (χ0n) is 10.1. The van der Waals surface area contributed by atoms with Crippen LogP contribution in [0.1, 0.15) is 28.9 Å². The first-order valence-electron chi connectivity index (χ1n) is 5.95. The average molecular weight is 267 g/mol. The van der Waals surface area contributed by atoms with E-state index in [9.17, 15) is 4.79 Å². The maximum atomic E-state index is 11.2. The van der Waals surface area contributed by atoms with E-state index in [2.05, 4.69) is 10.4 Å². The summed E-state index contributed by atoms with van der Waals surface area (Å²) in [6.07, 6.45) is 3.78. The largest absolute Gasteiger partial charge is 0.381 e. The van der Waals surface area contributed by atoms with Crippen LogP contribution in [0.25, 0.3) is 0 Å². The van der Waals surface area contributed by atoms with Crippen molar-refractivity contribution in [2.24, 2.45) is 5.84 Å². The van der Waals surface area contributed by atoms with Crippen molar-refractivity contribution in [1.82, 2.24) is 10.4 Å². The molecule has 1 aliphatic heterocycles. The molecule has 0 radical (unpaired) electrons. The summed E-state index contributed by atoms with van der Waals surface area (Å²) < 4.78 is 5.32. The number of pyridine rings is 1. The van der Waals surface area contributed by atoms with Gasteiger partial charge in [-0.25, -0.2) is 5.84 Å². The van der Waals surface area contributed by atoms with Gasteiger partial charge in [0.15, 0.2) is 0 Å². The third-order valence-corrected chi connectivity index (χ3v) is 4.26. The lowest BCUT2D eigenvalue weighted by atomic mass is 10.2. The van der Waals surface area contributed by atoms with Gasteiger partial charge in [0.25, 0.3) is 5.91 Å². The lowest BCUT2D eigenvalue weighted by molar-refractivity contribution is 0.0953. The number of carbonyl (C=O) groups is 1. The second kappa shape index (κ2) is 6.72. The number of hydrazine groups is 1. The zero-order valence-corrected chi connectivity index (χ0v) is 10.9. The van der Waals surface area contributed by atoms with E-state index in [1.54, 1.807) is 12.3 Å². The van der Waals surface area contributed by atoms with E-state index >= 15 is 0 Å². The van der Waals surface area contributed by atoms with Crippen LogP contribution in [0.2, 0.25) is 0 Å². The molecule has 0 saturated carbocycles. The number of hydrogen-bond acceptors (Lipinski definition) is 5. The number of nitrogens with one attached hydrogen (secondary N) is 1. The summed E-state index contributed by atoms with van der Waals surface area (Å²) in [5.41, 5.74) is 3.56. The van der Waals surface area contributed by atoms with E-state index in [4.69, 9.17) is 10.6 Å². The molecule has 1 aliphatic rings. The Morgan fingerprint density at radius 3 is 2.89 bits per heavy atom. The van der Waals surface area contributed by atoms with E-state index in [0.29, 0.717) is 10.8 Å². The van der Waals surface area contributed by atoms with E-state index in [1.165, 1.54) is 0 Å². The molecule has 6 heteroatoms. The molecule has 1 fully saturated rings. The highest BCUT2D eigenvalue weighted by Crippen LogP contribution is 2.24. The first-order valence-corrected chi connectivity index (χ1v) is 6.99. The number of amides is 1. The Morgan fingerprint density at radius 2 is 2.28 bits per heavy atom. The summed E-state index contributed by atoms with van der Waals surface area (Å²) >= 11 is 1.90. The molecule has 2 rings (SSSR count). The van der Waals surface area contributed by atoms with Crippen molar-refractivity contribution >= 4 is 17.7 Å². The zero-order chi connectivity index (χ0) is 12.8. The predicted molar refractivity (Wildman–Crippen MR) is 71.0 cm³/mol. The molecule has 0 atom stereocenters. The van der Waals surface area contributed by atoms with Gasteiger partial charge in [0.05, 0.1) is 11.3 Å². The Kier molecular flexibility index (Phi) is 4.98. The van der Waals surface area contributed by atoms with Crippen molar-refractivity contribution in [3.05, 3.63) is 29.6 Å². The molecule has 5 nitrogen and oxygen atoms in total. The van der Waals surface area contributed by atoms with Crippen LogP contribution in [-0.4, -0.2) is 29.4 Å². The van der Waals surface area contributed by atoms with Gasteiger partial charge in [0.1, 0.15) is 0 Å². The van der Waals surface area contributed by atoms with Gasteiger partial charge >= 0.3 is 0 Å². The van der Waals surface area contributed by atoms with Crippen molar-refractivity contribution in [3.63, 3.8) is 0 Å². The van der Waals surface area contributed by atoms with Gasteiger partial charge in [0, 0.05) is 30.4 Å². The molecule has 1 aromatic rings. The van der Waals surface area contributed by atoms with Gasteiger partial charge in [-0.15, -0.1) is 0 Å². The average Bonchev–Trinajstić information content (AvgIpc) is 2.46. The van der Waals surface area contributed by atoms with Crippen LogP contribution in [0.4, 0.5) is 0 Å². The maximum absolute atomic E-state index is 11.2. The molecule has 0 aliphatic carbocycles. The molecular weight excluding hydrogens is 250 g/mol. The number of thioether (sulfide) groups is 1. The topological polar surface area (TPSA) is 77.2 Å². The Morgan fingerprint density at radius 1 is 1.50 bits per heavy atom. The number of nitrogens with two attached hydrogens (primary N) is 1. The Hall–Kier alpha value is -1.11. The fraction of sp³-hybridized carbons (Fsp3) is 0.500. The van der Waals surface area contributed by atoms with E-state index < -0.39 is 0 Å². The van der Waals surface area contributed by atoms with Gasteiger partial charge in [-0.2, -0.15) is 11.8 Å². The minimum atomic E-state index is -0.314. The third kappa shape index (κ3) is 3.69. The first kappa shape index (κ1) is 13.3.